The van der Waals surface area contributed by atoms with Crippen molar-refractivity contribution in [1.29, 1.82) is 5.41 Å². The normalized spacial score (nSPS) is 17.3. The summed E-state index contributed by atoms with van der Waals surface area (Å²) in [5.41, 5.74) is 1.96. The van der Waals surface area contributed by atoms with E-state index < -0.39 is 18.2 Å². The van der Waals surface area contributed by atoms with Crippen LogP contribution < -0.4 is 10.2 Å². The summed E-state index contributed by atoms with van der Waals surface area (Å²) in [7, 11) is 1.25. The molecule has 2 saturated heterocycles. The molecule has 4 amide bonds. The lowest BCUT2D eigenvalue weighted by Gasteiger charge is -2.34. The zero-order valence-electron chi connectivity index (χ0n) is 23.8. The van der Waals surface area contributed by atoms with Crippen LogP contribution in [0.15, 0.2) is 54.6 Å². The second kappa shape index (κ2) is 14.4. The molecule has 2 aliphatic rings. The maximum Gasteiger partial charge on any atom is 0.417 e. The SMILES string of the molecule is CCOC(=O)N(C)C(=O)NC(=N)c1ccc(N2CC(CN3CCN(CC(=O)OCc4ccccc4)CC3)OC2=O)cc1. The van der Waals surface area contributed by atoms with Gasteiger partial charge in [-0.3, -0.25) is 30.2 Å². The third kappa shape index (κ3) is 8.27. The quantitative estimate of drug-likeness (QED) is 0.198. The van der Waals surface area contributed by atoms with Crippen LogP contribution in [-0.2, 0) is 25.6 Å². The van der Waals surface area contributed by atoms with E-state index in [2.05, 4.69) is 15.1 Å². The average Bonchev–Trinajstić information content (AvgIpc) is 3.36. The van der Waals surface area contributed by atoms with Crippen molar-refractivity contribution in [2.45, 2.75) is 19.6 Å². The average molecular weight is 581 g/mol. The van der Waals surface area contributed by atoms with Gasteiger partial charge >= 0.3 is 24.2 Å². The van der Waals surface area contributed by atoms with Crippen LogP contribution in [0.1, 0.15) is 18.1 Å². The Labute approximate surface area is 244 Å². The lowest BCUT2D eigenvalue weighted by Crippen LogP contribution is -2.50. The van der Waals surface area contributed by atoms with Crippen molar-refractivity contribution >= 4 is 35.7 Å². The van der Waals surface area contributed by atoms with Crippen LogP contribution in [0.2, 0.25) is 0 Å². The fourth-order valence-electron chi connectivity index (χ4n) is 4.59. The number of cyclic esters (lactones) is 1. The first-order valence-corrected chi connectivity index (χ1v) is 13.8. The van der Waals surface area contributed by atoms with Gasteiger partial charge in [0.05, 0.1) is 19.7 Å². The van der Waals surface area contributed by atoms with E-state index in [-0.39, 0.29) is 37.7 Å². The van der Waals surface area contributed by atoms with E-state index in [1.165, 1.54) is 11.9 Å². The van der Waals surface area contributed by atoms with Gasteiger partial charge in [-0.05, 0) is 36.8 Å². The Bertz CT molecular complexity index is 1260. The number of amidine groups is 1. The van der Waals surface area contributed by atoms with Crippen LogP contribution in [0, 0.1) is 5.41 Å². The van der Waals surface area contributed by atoms with Crippen LogP contribution in [0.3, 0.4) is 0 Å². The molecule has 0 radical (unpaired) electrons. The second-order valence-electron chi connectivity index (χ2n) is 9.95. The van der Waals surface area contributed by atoms with Crippen molar-refractivity contribution in [3.8, 4) is 0 Å². The molecule has 2 heterocycles. The standard InChI is InChI=1S/C29H36N6O7/c1-3-40-28(38)32(2)27(37)31-26(30)22-9-11-23(12-10-22)35-18-24(42-29(35)39)17-33-13-15-34(16-14-33)19-25(36)41-20-21-7-5-4-6-8-21/h4-12,24H,3,13-20H2,1-2H3,(H2,30,31,37). The molecule has 2 aromatic rings. The number of urea groups is 1. The number of benzene rings is 2. The van der Waals surface area contributed by atoms with Crippen molar-refractivity contribution in [1.82, 2.24) is 20.0 Å². The van der Waals surface area contributed by atoms with E-state index in [0.717, 1.165) is 23.6 Å². The molecule has 0 spiro atoms. The third-order valence-corrected chi connectivity index (χ3v) is 6.94. The van der Waals surface area contributed by atoms with E-state index >= 15 is 0 Å². The minimum Gasteiger partial charge on any atom is -0.460 e. The van der Waals surface area contributed by atoms with E-state index in [4.69, 9.17) is 19.6 Å². The van der Waals surface area contributed by atoms with Gasteiger partial charge in [-0.2, -0.15) is 0 Å². The molecule has 2 fully saturated rings. The molecule has 0 aliphatic carbocycles. The van der Waals surface area contributed by atoms with E-state index in [0.29, 0.717) is 37.4 Å². The fraction of sp³-hybridized carbons (Fsp3) is 0.414. The van der Waals surface area contributed by atoms with Crippen molar-refractivity contribution in [3.63, 3.8) is 0 Å². The number of hydrogen-bond acceptors (Lipinski definition) is 10. The summed E-state index contributed by atoms with van der Waals surface area (Å²) in [5, 5.41) is 10.5. The summed E-state index contributed by atoms with van der Waals surface area (Å²) >= 11 is 0. The first kappa shape index (κ1) is 30.5. The number of carbonyl (C=O) groups excluding carboxylic acids is 4. The van der Waals surface area contributed by atoms with Crippen molar-refractivity contribution in [2.24, 2.45) is 0 Å². The Morgan fingerprint density at radius 2 is 1.67 bits per heavy atom. The number of piperazine rings is 1. The van der Waals surface area contributed by atoms with Crippen molar-refractivity contribution < 1.29 is 33.4 Å². The van der Waals surface area contributed by atoms with Gasteiger partial charge in [0, 0.05) is 51.0 Å². The van der Waals surface area contributed by atoms with Crippen LogP contribution >= 0.6 is 0 Å². The third-order valence-electron chi connectivity index (χ3n) is 6.94. The minimum absolute atomic E-state index is 0.125. The fourth-order valence-corrected chi connectivity index (χ4v) is 4.59. The molecule has 0 aromatic heterocycles. The molecule has 4 rings (SSSR count). The van der Waals surface area contributed by atoms with Gasteiger partial charge in [0.1, 0.15) is 18.5 Å². The lowest BCUT2D eigenvalue weighted by molar-refractivity contribution is -0.146. The number of rotatable bonds is 9. The van der Waals surface area contributed by atoms with Gasteiger partial charge in [-0.25, -0.2) is 19.3 Å². The maximum absolute atomic E-state index is 12.6. The number of esters is 1. The smallest absolute Gasteiger partial charge is 0.417 e. The first-order valence-electron chi connectivity index (χ1n) is 13.8. The van der Waals surface area contributed by atoms with Crippen molar-refractivity contribution in [2.75, 3.05) is 64.4 Å². The molecular weight excluding hydrogens is 544 g/mol. The van der Waals surface area contributed by atoms with Gasteiger partial charge < -0.3 is 14.2 Å². The summed E-state index contributed by atoms with van der Waals surface area (Å²) in [6.07, 6.45) is -1.58. The minimum atomic E-state index is -0.818. The largest absolute Gasteiger partial charge is 0.460 e. The highest BCUT2D eigenvalue weighted by Crippen LogP contribution is 2.23. The maximum atomic E-state index is 12.6. The van der Waals surface area contributed by atoms with Gasteiger partial charge in [-0.15, -0.1) is 0 Å². The Kier molecular flexibility index (Phi) is 10.5. The van der Waals surface area contributed by atoms with E-state index in [9.17, 15) is 19.2 Å². The highest BCUT2D eigenvalue weighted by Gasteiger charge is 2.34. The number of anilines is 1. The Hall–Kier alpha value is -4.49. The molecular formula is C29H36N6O7. The summed E-state index contributed by atoms with van der Waals surface area (Å²) in [4.78, 5) is 55.3. The second-order valence-corrected chi connectivity index (χ2v) is 9.95. The molecule has 0 bridgehead atoms. The van der Waals surface area contributed by atoms with Gasteiger partial charge in [0.15, 0.2) is 0 Å². The van der Waals surface area contributed by atoms with Crippen LogP contribution in [0.4, 0.5) is 20.1 Å². The summed E-state index contributed by atoms with van der Waals surface area (Å²) < 4.78 is 15.8. The van der Waals surface area contributed by atoms with Gasteiger partial charge in [0.2, 0.25) is 0 Å². The number of hydrogen-bond donors (Lipinski definition) is 2. The number of imide groups is 1. The highest BCUT2D eigenvalue weighted by atomic mass is 16.6. The molecule has 2 aliphatic heterocycles. The van der Waals surface area contributed by atoms with Gasteiger partial charge in [-0.1, -0.05) is 30.3 Å². The molecule has 1 unspecified atom stereocenters. The monoisotopic (exact) mass is 580 g/mol. The zero-order chi connectivity index (χ0) is 30.1. The number of carbonyl (C=O) groups is 4. The number of nitrogens with zero attached hydrogens (tertiary/aromatic N) is 4. The molecule has 2 N–H and O–H groups in total. The van der Waals surface area contributed by atoms with Crippen LogP contribution in [0.5, 0.6) is 0 Å². The summed E-state index contributed by atoms with van der Waals surface area (Å²) in [5.74, 6) is -0.451. The molecule has 13 heteroatoms. The molecule has 224 valence electrons. The van der Waals surface area contributed by atoms with Gasteiger partial charge in [0.25, 0.3) is 0 Å². The van der Waals surface area contributed by atoms with E-state index in [1.54, 1.807) is 31.2 Å². The Balaban J connectivity index is 1.19. The lowest BCUT2D eigenvalue weighted by atomic mass is 10.1. The molecule has 42 heavy (non-hydrogen) atoms. The van der Waals surface area contributed by atoms with Crippen molar-refractivity contribution in [3.05, 3.63) is 65.7 Å². The number of nitrogens with one attached hydrogen (secondary N) is 2. The molecule has 1 atom stereocenters. The summed E-state index contributed by atoms with van der Waals surface area (Å²) in [6, 6.07) is 15.3. The predicted molar refractivity (Wildman–Crippen MR) is 153 cm³/mol. The summed E-state index contributed by atoms with van der Waals surface area (Å²) in [6.45, 7) is 6.13. The van der Waals surface area contributed by atoms with Crippen LogP contribution in [0.25, 0.3) is 0 Å². The zero-order valence-corrected chi connectivity index (χ0v) is 23.8. The molecule has 0 saturated carbocycles. The predicted octanol–water partition coefficient (Wildman–Crippen LogP) is 2.50. The Morgan fingerprint density at radius 1 is 1.00 bits per heavy atom. The topological polar surface area (TPSA) is 145 Å². The first-order chi connectivity index (χ1) is 20.2. The highest BCUT2D eigenvalue weighted by molar-refractivity contribution is 6.08. The molecule has 2 aromatic carbocycles. The molecule has 13 nitrogen and oxygen atoms in total. The Morgan fingerprint density at radius 3 is 2.33 bits per heavy atom. The number of ether oxygens (including phenoxy) is 3. The van der Waals surface area contributed by atoms with Crippen LogP contribution in [-0.4, -0.2) is 110 Å². The van der Waals surface area contributed by atoms with E-state index in [1.807, 2.05) is 30.3 Å². The number of amides is 4.